The zero-order valence-electron chi connectivity index (χ0n) is 17.1. The van der Waals surface area contributed by atoms with Crippen molar-refractivity contribution in [1.29, 1.82) is 0 Å². The molecule has 5 rings (SSSR count). The highest BCUT2D eigenvalue weighted by Crippen LogP contribution is 2.55. The third kappa shape index (κ3) is 2.98. The molecule has 2 aromatic rings. The number of anilines is 2. The Bertz CT molecular complexity index is 885. The summed E-state index contributed by atoms with van der Waals surface area (Å²) in [5.41, 5.74) is 4.54. The first kappa shape index (κ1) is 18.0. The van der Waals surface area contributed by atoms with Gasteiger partial charge in [0.2, 0.25) is 0 Å². The third-order valence-corrected chi connectivity index (χ3v) is 7.92. The average molecular weight is 374 g/mol. The second-order valence-corrected chi connectivity index (χ2v) is 9.68. The van der Waals surface area contributed by atoms with E-state index in [9.17, 15) is 4.79 Å². The summed E-state index contributed by atoms with van der Waals surface area (Å²) in [6.45, 7) is 4.77. The van der Waals surface area contributed by atoms with E-state index in [2.05, 4.69) is 49.5 Å². The molecule has 3 aliphatic rings. The Balaban J connectivity index is 1.53. The SMILES string of the molecule is C[C@H]1[C@H]2C(=O)c3ccc(Nc4ccccc4)cc3[C@]1(C)CCCC2CC1CC1. The van der Waals surface area contributed by atoms with Crippen LogP contribution < -0.4 is 5.32 Å². The van der Waals surface area contributed by atoms with E-state index in [4.69, 9.17) is 0 Å². The van der Waals surface area contributed by atoms with Gasteiger partial charge < -0.3 is 5.32 Å². The van der Waals surface area contributed by atoms with Gasteiger partial charge in [0.15, 0.2) is 5.78 Å². The Kier molecular flexibility index (Phi) is 4.34. The predicted octanol–water partition coefficient (Wildman–Crippen LogP) is 6.74. The largest absolute Gasteiger partial charge is 0.356 e. The molecule has 0 heterocycles. The standard InChI is InChI=1S/C26H31NO/c1-17-24-19(15-18-10-11-18)7-6-14-26(17,2)23-16-21(12-13-22(23)25(24)28)27-20-8-4-3-5-9-20/h3-5,8-9,12-13,16-19,24,27H,6-7,10-11,14-15H2,1-2H3/t17-,19?,24+,26+/m0/s1. The van der Waals surface area contributed by atoms with Crippen molar-refractivity contribution in [3.05, 3.63) is 59.7 Å². The molecule has 2 aromatic carbocycles. The second kappa shape index (κ2) is 6.76. The van der Waals surface area contributed by atoms with Crippen molar-refractivity contribution in [2.75, 3.05) is 5.32 Å². The molecule has 4 atom stereocenters. The number of nitrogens with one attached hydrogen (secondary N) is 1. The van der Waals surface area contributed by atoms with Crippen LogP contribution in [-0.2, 0) is 5.41 Å². The van der Waals surface area contributed by atoms with Crippen LogP contribution in [0.5, 0.6) is 0 Å². The molecular formula is C26H31NO. The second-order valence-electron chi connectivity index (χ2n) is 9.68. The molecule has 0 radical (unpaired) electrons. The van der Waals surface area contributed by atoms with Crippen molar-refractivity contribution < 1.29 is 4.79 Å². The van der Waals surface area contributed by atoms with Gasteiger partial charge in [0.1, 0.15) is 0 Å². The van der Waals surface area contributed by atoms with E-state index in [0.717, 1.165) is 22.9 Å². The maximum Gasteiger partial charge on any atom is 0.166 e. The summed E-state index contributed by atoms with van der Waals surface area (Å²) in [6.07, 6.45) is 7.72. The molecule has 0 saturated heterocycles. The number of hydrogen-bond donors (Lipinski definition) is 1. The van der Waals surface area contributed by atoms with Crippen LogP contribution >= 0.6 is 0 Å². The van der Waals surface area contributed by atoms with E-state index in [0.29, 0.717) is 17.6 Å². The van der Waals surface area contributed by atoms with Gasteiger partial charge in [-0.2, -0.15) is 0 Å². The van der Waals surface area contributed by atoms with Gasteiger partial charge in [0.05, 0.1) is 0 Å². The summed E-state index contributed by atoms with van der Waals surface area (Å²) in [4.78, 5) is 13.6. The van der Waals surface area contributed by atoms with Crippen LogP contribution in [0.2, 0.25) is 0 Å². The average Bonchev–Trinajstić information content (AvgIpc) is 3.52. The smallest absolute Gasteiger partial charge is 0.166 e. The molecule has 2 fully saturated rings. The Morgan fingerprint density at radius 1 is 1.04 bits per heavy atom. The van der Waals surface area contributed by atoms with E-state index in [1.807, 2.05) is 18.2 Å². The third-order valence-electron chi connectivity index (χ3n) is 7.92. The minimum absolute atomic E-state index is 0.0978. The molecule has 28 heavy (non-hydrogen) atoms. The van der Waals surface area contributed by atoms with Crippen LogP contribution in [0, 0.1) is 23.7 Å². The monoisotopic (exact) mass is 373 g/mol. The number of ketones is 1. The quantitative estimate of drug-likeness (QED) is 0.643. The zero-order chi connectivity index (χ0) is 19.3. The highest BCUT2D eigenvalue weighted by Gasteiger charge is 2.51. The van der Waals surface area contributed by atoms with E-state index in [1.165, 1.54) is 44.1 Å². The number of Topliss-reactive ketones (excluding diaryl/α,β-unsaturated/α-hetero) is 1. The lowest BCUT2D eigenvalue weighted by Gasteiger charge is -2.45. The van der Waals surface area contributed by atoms with E-state index in [-0.39, 0.29) is 11.3 Å². The number of fused-ring (bicyclic) bond motifs is 4. The molecule has 0 spiro atoms. The van der Waals surface area contributed by atoms with Gasteiger partial charge in [-0.3, -0.25) is 4.79 Å². The number of hydrogen-bond acceptors (Lipinski definition) is 2. The summed E-state index contributed by atoms with van der Waals surface area (Å²) < 4.78 is 0. The summed E-state index contributed by atoms with van der Waals surface area (Å²) in [5.74, 6) is 2.54. The summed E-state index contributed by atoms with van der Waals surface area (Å²) in [6, 6.07) is 16.7. The van der Waals surface area contributed by atoms with Crippen LogP contribution in [-0.4, -0.2) is 5.78 Å². The van der Waals surface area contributed by atoms with Crippen LogP contribution in [0.1, 0.15) is 68.3 Å². The van der Waals surface area contributed by atoms with Gasteiger partial charge in [-0.05, 0) is 78.3 Å². The number of para-hydroxylation sites is 1. The molecule has 2 heteroatoms. The van der Waals surface area contributed by atoms with Gasteiger partial charge >= 0.3 is 0 Å². The molecule has 0 amide bonds. The first-order valence-electron chi connectivity index (χ1n) is 11.1. The fourth-order valence-electron chi connectivity index (χ4n) is 5.99. The molecule has 0 aliphatic heterocycles. The molecule has 146 valence electrons. The van der Waals surface area contributed by atoms with E-state index >= 15 is 0 Å². The predicted molar refractivity (Wildman–Crippen MR) is 115 cm³/mol. The highest BCUT2D eigenvalue weighted by atomic mass is 16.1. The van der Waals surface area contributed by atoms with Crippen molar-refractivity contribution in [3.8, 4) is 0 Å². The van der Waals surface area contributed by atoms with Crippen molar-refractivity contribution in [2.24, 2.45) is 23.7 Å². The maximum atomic E-state index is 13.6. The van der Waals surface area contributed by atoms with Crippen LogP contribution in [0.15, 0.2) is 48.5 Å². The van der Waals surface area contributed by atoms with Crippen LogP contribution in [0.3, 0.4) is 0 Å². The number of benzene rings is 2. The fourth-order valence-corrected chi connectivity index (χ4v) is 5.99. The van der Waals surface area contributed by atoms with Gasteiger partial charge in [0.25, 0.3) is 0 Å². The van der Waals surface area contributed by atoms with E-state index < -0.39 is 0 Å². The highest BCUT2D eigenvalue weighted by molar-refractivity contribution is 6.02. The lowest BCUT2D eigenvalue weighted by Crippen LogP contribution is -2.45. The van der Waals surface area contributed by atoms with Crippen molar-refractivity contribution in [1.82, 2.24) is 0 Å². The number of rotatable bonds is 4. The Morgan fingerprint density at radius 2 is 1.82 bits per heavy atom. The normalized spacial score (nSPS) is 31.8. The molecule has 1 unspecified atom stereocenters. The molecule has 0 aromatic heterocycles. The molecule has 2 bridgehead atoms. The van der Waals surface area contributed by atoms with Crippen LogP contribution in [0.4, 0.5) is 11.4 Å². The molecular weight excluding hydrogens is 342 g/mol. The topological polar surface area (TPSA) is 29.1 Å². The maximum absolute atomic E-state index is 13.6. The number of carbonyl (C=O) groups excluding carboxylic acids is 1. The molecule has 2 saturated carbocycles. The molecule has 2 nitrogen and oxygen atoms in total. The van der Waals surface area contributed by atoms with Crippen molar-refractivity contribution in [2.45, 2.75) is 57.8 Å². The van der Waals surface area contributed by atoms with E-state index in [1.54, 1.807) is 0 Å². The molecule has 3 aliphatic carbocycles. The summed E-state index contributed by atoms with van der Waals surface area (Å²) in [5, 5.41) is 3.52. The Morgan fingerprint density at radius 3 is 2.57 bits per heavy atom. The lowest BCUT2D eigenvalue weighted by atomic mass is 9.57. The summed E-state index contributed by atoms with van der Waals surface area (Å²) in [7, 11) is 0. The number of carbonyl (C=O) groups is 1. The lowest BCUT2D eigenvalue weighted by molar-refractivity contribution is 0.0694. The van der Waals surface area contributed by atoms with Gasteiger partial charge in [-0.1, -0.05) is 51.3 Å². The fraction of sp³-hybridized carbons (Fsp3) is 0.500. The first-order chi connectivity index (χ1) is 13.6. The molecule has 1 N–H and O–H groups in total. The Hall–Kier alpha value is -2.09. The van der Waals surface area contributed by atoms with Crippen LogP contribution in [0.25, 0.3) is 0 Å². The van der Waals surface area contributed by atoms with Crippen molar-refractivity contribution >= 4 is 17.2 Å². The van der Waals surface area contributed by atoms with Gasteiger partial charge in [-0.15, -0.1) is 0 Å². The van der Waals surface area contributed by atoms with Crippen molar-refractivity contribution in [3.63, 3.8) is 0 Å². The first-order valence-corrected chi connectivity index (χ1v) is 11.1. The minimum Gasteiger partial charge on any atom is -0.356 e. The Labute approximate surface area is 168 Å². The zero-order valence-corrected chi connectivity index (χ0v) is 17.1. The van der Waals surface area contributed by atoms with Gasteiger partial charge in [0, 0.05) is 22.9 Å². The van der Waals surface area contributed by atoms with Gasteiger partial charge in [-0.25, -0.2) is 0 Å². The minimum atomic E-state index is 0.0978. The summed E-state index contributed by atoms with van der Waals surface area (Å²) >= 11 is 0.